The number of aromatic nitrogens is 1. The fourth-order valence-corrected chi connectivity index (χ4v) is 2.86. The molecule has 2 aromatic rings. The molecular weight excluding hydrogens is 304 g/mol. The molecule has 1 saturated heterocycles. The zero-order valence-corrected chi connectivity index (χ0v) is 13.5. The number of amides is 2. The summed E-state index contributed by atoms with van der Waals surface area (Å²) in [7, 11) is 1.58. The number of anilines is 1. The number of carbonyl (C=O) groups is 2. The van der Waals surface area contributed by atoms with Crippen molar-refractivity contribution in [2.45, 2.75) is 19.0 Å². The van der Waals surface area contributed by atoms with Crippen molar-refractivity contribution < 1.29 is 9.59 Å². The van der Waals surface area contributed by atoms with E-state index in [-0.39, 0.29) is 17.9 Å². The first-order valence-corrected chi connectivity index (χ1v) is 7.92. The van der Waals surface area contributed by atoms with E-state index in [9.17, 15) is 9.59 Å². The maximum absolute atomic E-state index is 12.2. The number of likely N-dealkylation sites (tertiary alicyclic amines) is 1. The van der Waals surface area contributed by atoms with Gasteiger partial charge in [0.25, 0.3) is 5.91 Å². The molecule has 1 aromatic heterocycles. The van der Waals surface area contributed by atoms with Gasteiger partial charge in [0.1, 0.15) is 5.82 Å². The molecule has 0 saturated carbocycles. The second-order valence-corrected chi connectivity index (χ2v) is 5.78. The van der Waals surface area contributed by atoms with Gasteiger partial charge in [-0.1, -0.05) is 30.3 Å². The van der Waals surface area contributed by atoms with Gasteiger partial charge in [-0.25, -0.2) is 4.98 Å². The smallest absolute Gasteiger partial charge is 0.254 e. The molecule has 24 heavy (non-hydrogen) atoms. The fraction of sp³-hybridized carbons (Fsp3) is 0.278. The molecule has 3 rings (SSSR count). The number of hydrogen-bond acceptors (Lipinski definition) is 4. The van der Waals surface area contributed by atoms with Crippen LogP contribution in [0.1, 0.15) is 22.3 Å². The molecule has 1 fully saturated rings. The molecule has 124 valence electrons. The van der Waals surface area contributed by atoms with E-state index in [1.165, 1.54) is 0 Å². The SMILES string of the molecule is CNC(=O)c1cccnc1N[C@@H]1CC(=O)N(Cc2ccccc2)C1. The van der Waals surface area contributed by atoms with Crippen molar-refractivity contribution in [3.63, 3.8) is 0 Å². The Labute approximate surface area is 140 Å². The molecule has 1 atom stereocenters. The molecule has 0 spiro atoms. The summed E-state index contributed by atoms with van der Waals surface area (Å²) in [6.45, 7) is 1.19. The summed E-state index contributed by atoms with van der Waals surface area (Å²) in [5, 5.41) is 5.84. The minimum absolute atomic E-state index is 0.0560. The third-order valence-electron chi connectivity index (χ3n) is 4.05. The summed E-state index contributed by atoms with van der Waals surface area (Å²) in [6.07, 6.45) is 2.03. The summed E-state index contributed by atoms with van der Waals surface area (Å²) in [5.74, 6) is 0.418. The fourth-order valence-electron chi connectivity index (χ4n) is 2.86. The van der Waals surface area contributed by atoms with E-state index >= 15 is 0 Å². The van der Waals surface area contributed by atoms with Crippen LogP contribution in [0.4, 0.5) is 5.82 Å². The van der Waals surface area contributed by atoms with Crippen molar-refractivity contribution in [2.75, 3.05) is 18.9 Å². The molecule has 1 aliphatic rings. The van der Waals surface area contributed by atoms with Crippen LogP contribution in [0.3, 0.4) is 0 Å². The van der Waals surface area contributed by atoms with Crippen molar-refractivity contribution in [2.24, 2.45) is 0 Å². The third-order valence-corrected chi connectivity index (χ3v) is 4.05. The van der Waals surface area contributed by atoms with Crippen LogP contribution < -0.4 is 10.6 Å². The van der Waals surface area contributed by atoms with E-state index in [0.717, 1.165) is 5.56 Å². The van der Waals surface area contributed by atoms with E-state index in [4.69, 9.17) is 0 Å². The quantitative estimate of drug-likeness (QED) is 0.877. The second-order valence-electron chi connectivity index (χ2n) is 5.78. The topological polar surface area (TPSA) is 74.3 Å². The van der Waals surface area contributed by atoms with E-state index in [0.29, 0.717) is 30.9 Å². The number of rotatable bonds is 5. The summed E-state index contributed by atoms with van der Waals surface area (Å²) in [4.78, 5) is 30.2. The molecule has 2 heterocycles. The average Bonchev–Trinajstić information content (AvgIpc) is 2.95. The highest BCUT2D eigenvalue weighted by Gasteiger charge is 2.30. The number of hydrogen-bond donors (Lipinski definition) is 2. The van der Waals surface area contributed by atoms with Gasteiger partial charge in [-0.3, -0.25) is 9.59 Å². The maximum atomic E-state index is 12.2. The van der Waals surface area contributed by atoms with Gasteiger partial charge in [-0.2, -0.15) is 0 Å². The monoisotopic (exact) mass is 324 g/mol. The lowest BCUT2D eigenvalue weighted by Gasteiger charge is -2.18. The van der Waals surface area contributed by atoms with Crippen LogP contribution in [-0.4, -0.2) is 41.3 Å². The molecule has 1 aliphatic heterocycles. The Morgan fingerprint density at radius 3 is 2.79 bits per heavy atom. The van der Waals surface area contributed by atoms with Crippen molar-refractivity contribution in [1.82, 2.24) is 15.2 Å². The minimum Gasteiger partial charge on any atom is -0.364 e. The van der Waals surface area contributed by atoms with E-state index in [1.807, 2.05) is 35.2 Å². The van der Waals surface area contributed by atoms with Gasteiger partial charge in [-0.05, 0) is 17.7 Å². The Kier molecular flexibility index (Phi) is 4.74. The summed E-state index contributed by atoms with van der Waals surface area (Å²) in [6, 6.07) is 13.3. The Morgan fingerprint density at radius 2 is 2.04 bits per heavy atom. The highest BCUT2D eigenvalue weighted by molar-refractivity contribution is 5.98. The predicted octanol–water partition coefficient (Wildman–Crippen LogP) is 1.65. The van der Waals surface area contributed by atoms with Crippen LogP contribution in [0.2, 0.25) is 0 Å². The highest BCUT2D eigenvalue weighted by atomic mass is 16.2. The molecule has 1 aromatic carbocycles. The summed E-state index contributed by atoms with van der Waals surface area (Å²) in [5.41, 5.74) is 1.59. The van der Waals surface area contributed by atoms with Crippen molar-refractivity contribution >= 4 is 17.6 Å². The van der Waals surface area contributed by atoms with Gasteiger partial charge in [0.15, 0.2) is 0 Å². The molecule has 6 heteroatoms. The first-order valence-electron chi connectivity index (χ1n) is 7.92. The Bertz CT molecular complexity index is 733. The van der Waals surface area contributed by atoms with Crippen molar-refractivity contribution in [1.29, 1.82) is 0 Å². The van der Waals surface area contributed by atoms with Gasteiger partial charge < -0.3 is 15.5 Å². The van der Waals surface area contributed by atoms with E-state index < -0.39 is 0 Å². The largest absolute Gasteiger partial charge is 0.364 e. The van der Waals surface area contributed by atoms with E-state index in [2.05, 4.69) is 15.6 Å². The Morgan fingerprint density at radius 1 is 1.25 bits per heavy atom. The molecule has 0 bridgehead atoms. The normalized spacial score (nSPS) is 17.0. The first-order chi connectivity index (χ1) is 11.7. The number of nitrogens with one attached hydrogen (secondary N) is 2. The second kappa shape index (κ2) is 7.12. The number of carbonyl (C=O) groups excluding carboxylic acids is 2. The standard InChI is InChI=1S/C18H20N4O2/c1-19-18(24)15-8-5-9-20-17(15)21-14-10-16(23)22(12-14)11-13-6-3-2-4-7-13/h2-9,14H,10-12H2,1H3,(H,19,24)(H,20,21)/t14-/m1/s1. The number of benzene rings is 1. The first kappa shape index (κ1) is 16.0. The van der Waals surface area contributed by atoms with Crippen LogP contribution in [0, 0.1) is 0 Å². The Balaban J connectivity index is 1.68. The number of pyridine rings is 1. The van der Waals surface area contributed by atoms with Crippen LogP contribution in [0.15, 0.2) is 48.7 Å². The Hall–Kier alpha value is -2.89. The highest BCUT2D eigenvalue weighted by Crippen LogP contribution is 2.20. The van der Waals surface area contributed by atoms with Gasteiger partial charge in [0.05, 0.1) is 11.6 Å². The molecule has 0 unspecified atom stereocenters. The lowest BCUT2D eigenvalue weighted by Crippen LogP contribution is -2.29. The molecule has 2 amide bonds. The molecule has 0 aliphatic carbocycles. The molecule has 2 N–H and O–H groups in total. The van der Waals surface area contributed by atoms with Crippen molar-refractivity contribution in [3.8, 4) is 0 Å². The van der Waals surface area contributed by atoms with Crippen LogP contribution in [0.25, 0.3) is 0 Å². The molecular formula is C18H20N4O2. The van der Waals surface area contributed by atoms with Gasteiger partial charge >= 0.3 is 0 Å². The zero-order valence-electron chi connectivity index (χ0n) is 13.5. The maximum Gasteiger partial charge on any atom is 0.254 e. The number of nitrogens with zero attached hydrogens (tertiary/aromatic N) is 2. The van der Waals surface area contributed by atoms with Gasteiger partial charge in [0, 0.05) is 32.8 Å². The van der Waals surface area contributed by atoms with Crippen LogP contribution in [0.5, 0.6) is 0 Å². The zero-order chi connectivity index (χ0) is 16.9. The third kappa shape index (κ3) is 3.53. The van der Waals surface area contributed by atoms with Gasteiger partial charge in [-0.15, -0.1) is 0 Å². The lowest BCUT2D eigenvalue weighted by molar-refractivity contribution is -0.128. The minimum atomic E-state index is -0.198. The van der Waals surface area contributed by atoms with Crippen molar-refractivity contribution in [3.05, 3.63) is 59.8 Å². The van der Waals surface area contributed by atoms with E-state index in [1.54, 1.807) is 25.4 Å². The average molecular weight is 324 g/mol. The molecule has 6 nitrogen and oxygen atoms in total. The molecule has 0 radical (unpaired) electrons. The van der Waals surface area contributed by atoms with Crippen LogP contribution in [-0.2, 0) is 11.3 Å². The summed E-state index contributed by atoms with van der Waals surface area (Å²) < 4.78 is 0. The summed E-state index contributed by atoms with van der Waals surface area (Å²) >= 11 is 0. The predicted molar refractivity (Wildman–Crippen MR) is 91.5 cm³/mol. The lowest BCUT2D eigenvalue weighted by atomic mass is 10.2. The van der Waals surface area contributed by atoms with Gasteiger partial charge in [0.2, 0.25) is 5.91 Å². The van der Waals surface area contributed by atoms with Crippen LogP contribution >= 0.6 is 0 Å².